The Bertz CT molecular complexity index is 839. The van der Waals surface area contributed by atoms with Crippen molar-refractivity contribution in [2.24, 2.45) is 5.92 Å². The van der Waals surface area contributed by atoms with Crippen LogP contribution in [0.1, 0.15) is 37.6 Å². The first-order chi connectivity index (χ1) is 13.7. The SMILES string of the molecule is CC(C)(C)N1CC(C(=O)N2CCN(C(=O)c3ccc4c(c3)OCO4)CC2)CC1=O. The predicted octanol–water partition coefficient (Wildman–Crippen LogP) is 1.35. The average Bonchev–Trinajstić information content (AvgIpc) is 3.32. The van der Waals surface area contributed by atoms with Crippen LogP contribution in [0.25, 0.3) is 0 Å². The van der Waals surface area contributed by atoms with Crippen LogP contribution in [0, 0.1) is 5.92 Å². The number of piperazine rings is 1. The summed E-state index contributed by atoms with van der Waals surface area (Å²) in [7, 11) is 0. The van der Waals surface area contributed by atoms with E-state index in [1.54, 1.807) is 32.9 Å². The molecule has 0 bridgehead atoms. The molecule has 0 N–H and O–H groups in total. The first kappa shape index (κ1) is 19.5. The monoisotopic (exact) mass is 401 g/mol. The molecule has 0 saturated carbocycles. The smallest absolute Gasteiger partial charge is 0.254 e. The van der Waals surface area contributed by atoms with Crippen LogP contribution >= 0.6 is 0 Å². The van der Waals surface area contributed by atoms with E-state index in [9.17, 15) is 14.4 Å². The number of hydrogen-bond acceptors (Lipinski definition) is 5. The van der Waals surface area contributed by atoms with E-state index in [4.69, 9.17) is 9.47 Å². The summed E-state index contributed by atoms with van der Waals surface area (Å²) >= 11 is 0. The summed E-state index contributed by atoms with van der Waals surface area (Å²) in [6.07, 6.45) is 0.270. The van der Waals surface area contributed by atoms with Gasteiger partial charge in [0, 0.05) is 50.2 Å². The molecule has 1 aromatic carbocycles. The molecule has 0 aromatic heterocycles. The second-order valence-electron chi connectivity index (χ2n) is 8.76. The highest BCUT2D eigenvalue weighted by atomic mass is 16.7. The normalized spacial score (nSPS) is 21.7. The van der Waals surface area contributed by atoms with Crippen LogP contribution in [0.3, 0.4) is 0 Å². The summed E-state index contributed by atoms with van der Waals surface area (Å²) in [4.78, 5) is 43.3. The third-order valence-electron chi connectivity index (χ3n) is 5.78. The Morgan fingerprint density at radius 3 is 2.31 bits per heavy atom. The lowest BCUT2D eigenvalue weighted by atomic mass is 10.1. The second-order valence-corrected chi connectivity index (χ2v) is 8.76. The van der Waals surface area contributed by atoms with Gasteiger partial charge in [-0.25, -0.2) is 0 Å². The van der Waals surface area contributed by atoms with Gasteiger partial charge in [-0.2, -0.15) is 0 Å². The molecule has 3 aliphatic heterocycles. The number of benzene rings is 1. The molecule has 1 atom stereocenters. The lowest BCUT2D eigenvalue weighted by molar-refractivity contribution is -0.137. The zero-order valence-electron chi connectivity index (χ0n) is 17.1. The highest BCUT2D eigenvalue weighted by Crippen LogP contribution is 2.33. The van der Waals surface area contributed by atoms with Gasteiger partial charge in [-0.1, -0.05) is 0 Å². The number of nitrogens with zero attached hydrogens (tertiary/aromatic N) is 3. The molecule has 0 spiro atoms. The number of carbonyl (C=O) groups excluding carboxylic acids is 3. The van der Waals surface area contributed by atoms with Gasteiger partial charge in [0.05, 0.1) is 5.92 Å². The molecule has 1 aromatic rings. The Morgan fingerprint density at radius 1 is 1.00 bits per heavy atom. The van der Waals surface area contributed by atoms with Gasteiger partial charge in [0.25, 0.3) is 5.91 Å². The number of ether oxygens (including phenoxy) is 2. The first-order valence-corrected chi connectivity index (χ1v) is 10.0. The number of carbonyl (C=O) groups is 3. The minimum atomic E-state index is -0.294. The molecule has 4 rings (SSSR count). The Hall–Kier alpha value is -2.77. The molecule has 3 aliphatic rings. The number of rotatable bonds is 2. The first-order valence-electron chi connectivity index (χ1n) is 10.0. The number of amides is 3. The fraction of sp³-hybridized carbons (Fsp3) is 0.571. The van der Waals surface area contributed by atoms with Crippen molar-refractivity contribution in [1.82, 2.24) is 14.7 Å². The van der Waals surface area contributed by atoms with E-state index in [1.165, 1.54) is 0 Å². The van der Waals surface area contributed by atoms with Crippen molar-refractivity contribution in [2.45, 2.75) is 32.7 Å². The number of likely N-dealkylation sites (tertiary alicyclic amines) is 1. The van der Waals surface area contributed by atoms with Gasteiger partial charge in [-0.15, -0.1) is 0 Å². The highest BCUT2D eigenvalue weighted by Gasteiger charge is 2.41. The van der Waals surface area contributed by atoms with Gasteiger partial charge in [0.15, 0.2) is 11.5 Å². The van der Waals surface area contributed by atoms with Crippen molar-refractivity contribution in [3.8, 4) is 11.5 Å². The molecular weight excluding hydrogens is 374 g/mol. The van der Waals surface area contributed by atoms with Crippen LogP contribution in [0.2, 0.25) is 0 Å². The third-order valence-corrected chi connectivity index (χ3v) is 5.78. The summed E-state index contributed by atoms with van der Waals surface area (Å²) < 4.78 is 10.6. The molecule has 0 radical (unpaired) electrons. The largest absolute Gasteiger partial charge is 0.454 e. The summed E-state index contributed by atoms with van der Waals surface area (Å²) in [6, 6.07) is 5.18. The molecular formula is C21H27N3O5. The standard InChI is InChI=1S/C21H27N3O5/c1-21(2,3)24-12-15(11-18(24)25)20(27)23-8-6-22(7-9-23)19(26)14-4-5-16-17(10-14)29-13-28-16/h4-5,10,15H,6-9,11-13H2,1-3H3. The second kappa shape index (κ2) is 7.24. The zero-order chi connectivity index (χ0) is 20.8. The number of hydrogen-bond donors (Lipinski definition) is 0. The Kier molecular flexibility index (Phi) is 4.88. The maximum atomic E-state index is 12.9. The molecule has 29 heavy (non-hydrogen) atoms. The van der Waals surface area contributed by atoms with Gasteiger partial charge >= 0.3 is 0 Å². The van der Waals surface area contributed by atoms with E-state index in [2.05, 4.69) is 0 Å². The van der Waals surface area contributed by atoms with E-state index in [0.29, 0.717) is 49.8 Å². The van der Waals surface area contributed by atoms with E-state index in [-0.39, 0.29) is 42.4 Å². The maximum absolute atomic E-state index is 12.9. The quantitative estimate of drug-likeness (QED) is 0.747. The molecule has 1 unspecified atom stereocenters. The Labute approximate surface area is 170 Å². The summed E-state index contributed by atoms with van der Waals surface area (Å²) in [5.41, 5.74) is 0.276. The van der Waals surface area contributed by atoms with E-state index >= 15 is 0 Å². The maximum Gasteiger partial charge on any atom is 0.254 e. The summed E-state index contributed by atoms with van der Waals surface area (Å²) in [5.74, 6) is 0.905. The van der Waals surface area contributed by atoms with E-state index < -0.39 is 0 Å². The molecule has 8 nitrogen and oxygen atoms in total. The topological polar surface area (TPSA) is 79.4 Å². The highest BCUT2D eigenvalue weighted by molar-refractivity contribution is 5.95. The predicted molar refractivity (Wildman–Crippen MR) is 105 cm³/mol. The van der Waals surface area contributed by atoms with Gasteiger partial charge in [-0.3, -0.25) is 14.4 Å². The molecule has 3 heterocycles. The fourth-order valence-electron chi connectivity index (χ4n) is 4.12. The van der Waals surface area contributed by atoms with Crippen molar-refractivity contribution >= 4 is 17.7 Å². The van der Waals surface area contributed by atoms with Crippen LogP contribution < -0.4 is 9.47 Å². The number of fused-ring (bicyclic) bond motifs is 1. The van der Waals surface area contributed by atoms with Crippen LogP contribution in [-0.4, -0.2) is 77.5 Å². The molecule has 2 fully saturated rings. The lowest BCUT2D eigenvalue weighted by Gasteiger charge is -2.36. The molecule has 3 amide bonds. The van der Waals surface area contributed by atoms with Crippen molar-refractivity contribution in [2.75, 3.05) is 39.5 Å². The van der Waals surface area contributed by atoms with E-state index in [0.717, 1.165) is 0 Å². The average molecular weight is 401 g/mol. The summed E-state index contributed by atoms with van der Waals surface area (Å²) in [5, 5.41) is 0. The van der Waals surface area contributed by atoms with Crippen LogP contribution in [0.5, 0.6) is 11.5 Å². The van der Waals surface area contributed by atoms with E-state index in [1.807, 2.05) is 20.8 Å². The van der Waals surface area contributed by atoms with Crippen LogP contribution in [0.4, 0.5) is 0 Å². The van der Waals surface area contributed by atoms with Crippen molar-refractivity contribution < 1.29 is 23.9 Å². The molecule has 2 saturated heterocycles. The summed E-state index contributed by atoms with van der Waals surface area (Å²) in [6.45, 7) is 8.51. The van der Waals surface area contributed by atoms with Crippen LogP contribution in [-0.2, 0) is 9.59 Å². The zero-order valence-corrected chi connectivity index (χ0v) is 17.1. The molecule has 8 heteroatoms. The molecule has 0 aliphatic carbocycles. The fourth-order valence-corrected chi connectivity index (χ4v) is 4.12. The van der Waals surface area contributed by atoms with Gasteiger partial charge in [0.2, 0.25) is 18.6 Å². The third kappa shape index (κ3) is 3.75. The van der Waals surface area contributed by atoms with Crippen molar-refractivity contribution in [3.63, 3.8) is 0 Å². The van der Waals surface area contributed by atoms with Crippen molar-refractivity contribution in [3.05, 3.63) is 23.8 Å². The van der Waals surface area contributed by atoms with Gasteiger partial charge < -0.3 is 24.2 Å². The lowest BCUT2D eigenvalue weighted by Crippen LogP contribution is -2.52. The molecule has 156 valence electrons. The van der Waals surface area contributed by atoms with Gasteiger partial charge in [-0.05, 0) is 39.0 Å². The Morgan fingerprint density at radius 2 is 1.66 bits per heavy atom. The van der Waals surface area contributed by atoms with Crippen molar-refractivity contribution in [1.29, 1.82) is 0 Å². The van der Waals surface area contributed by atoms with Crippen LogP contribution in [0.15, 0.2) is 18.2 Å². The minimum Gasteiger partial charge on any atom is -0.454 e. The Balaban J connectivity index is 1.34. The minimum absolute atomic E-state index is 0.0141. The van der Waals surface area contributed by atoms with Gasteiger partial charge in [0.1, 0.15) is 0 Å².